The summed E-state index contributed by atoms with van der Waals surface area (Å²) in [6.45, 7) is 8.28. The van der Waals surface area contributed by atoms with E-state index in [0.29, 0.717) is 19.7 Å². The van der Waals surface area contributed by atoms with Crippen molar-refractivity contribution >= 4 is 22.0 Å². The van der Waals surface area contributed by atoms with Crippen LogP contribution in [0.4, 0.5) is 4.79 Å². The molecule has 1 aliphatic heterocycles. The molecule has 100 valence electrons. The summed E-state index contributed by atoms with van der Waals surface area (Å²) in [5.41, 5.74) is 0.0606. The Labute approximate surface area is 111 Å². The molecule has 0 aromatic rings. The molecule has 0 aliphatic carbocycles. The third-order valence-electron chi connectivity index (χ3n) is 3.34. The summed E-state index contributed by atoms with van der Waals surface area (Å²) in [5, 5.41) is 9.88. The molecular weight excluding hydrogens is 286 g/mol. The lowest BCUT2D eigenvalue weighted by Gasteiger charge is -2.43. The van der Waals surface area contributed by atoms with Crippen LogP contribution in [0.3, 0.4) is 0 Å². The summed E-state index contributed by atoms with van der Waals surface area (Å²) in [4.78, 5) is 12.5. The summed E-state index contributed by atoms with van der Waals surface area (Å²) in [7, 11) is 0. The minimum Gasteiger partial charge on any atom is -0.465 e. The summed E-state index contributed by atoms with van der Waals surface area (Å²) in [5.74, 6) is 0.256. The second-order valence-electron chi connectivity index (χ2n) is 5.59. The first kappa shape index (κ1) is 14.8. The maximum absolute atomic E-state index is 11.0. The summed E-state index contributed by atoms with van der Waals surface area (Å²) >= 11 is 3.35. The maximum atomic E-state index is 11.0. The van der Waals surface area contributed by atoms with E-state index in [1.807, 2.05) is 0 Å². The molecule has 2 atom stereocenters. The minimum absolute atomic E-state index is 0.0606. The average molecular weight is 308 g/mol. The highest BCUT2D eigenvalue weighted by atomic mass is 79.9. The molecule has 1 N–H and O–H groups in total. The molecule has 1 fully saturated rings. The van der Waals surface area contributed by atoms with Crippen molar-refractivity contribution in [2.75, 3.05) is 25.0 Å². The van der Waals surface area contributed by atoms with Crippen LogP contribution in [0.5, 0.6) is 0 Å². The molecule has 0 aromatic carbocycles. The van der Waals surface area contributed by atoms with Gasteiger partial charge in [0.2, 0.25) is 0 Å². The van der Waals surface area contributed by atoms with E-state index in [9.17, 15) is 4.79 Å². The largest absolute Gasteiger partial charge is 0.465 e. The first-order valence-electron chi connectivity index (χ1n) is 6.01. The van der Waals surface area contributed by atoms with Gasteiger partial charge in [-0.05, 0) is 11.8 Å². The van der Waals surface area contributed by atoms with E-state index in [1.54, 1.807) is 0 Å². The Morgan fingerprint density at radius 2 is 2.18 bits per heavy atom. The number of ether oxygens (including phenoxy) is 1. The van der Waals surface area contributed by atoms with Crippen LogP contribution >= 0.6 is 15.9 Å². The number of carboxylic acid groups (broad SMARTS) is 1. The zero-order chi connectivity index (χ0) is 13.1. The quantitative estimate of drug-likeness (QED) is 0.816. The standard InChI is InChI=1S/C12H22BrNO3/c1-12(2,3)9-8-14(11(15)16)6-4-10(9)17-7-5-13/h9-10H,4-8H2,1-3H3,(H,15,16). The second-order valence-corrected chi connectivity index (χ2v) is 6.38. The lowest BCUT2D eigenvalue weighted by molar-refractivity contribution is -0.0586. The van der Waals surface area contributed by atoms with Crippen molar-refractivity contribution in [1.29, 1.82) is 0 Å². The monoisotopic (exact) mass is 307 g/mol. The summed E-state index contributed by atoms with van der Waals surface area (Å²) < 4.78 is 5.83. The van der Waals surface area contributed by atoms with Gasteiger partial charge in [-0.3, -0.25) is 0 Å². The van der Waals surface area contributed by atoms with Gasteiger partial charge < -0.3 is 14.7 Å². The molecule has 0 radical (unpaired) electrons. The van der Waals surface area contributed by atoms with Crippen LogP contribution in [-0.2, 0) is 4.74 Å². The molecule has 1 heterocycles. The fraction of sp³-hybridized carbons (Fsp3) is 0.917. The molecular formula is C12H22BrNO3. The lowest BCUT2D eigenvalue weighted by atomic mass is 9.74. The zero-order valence-corrected chi connectivity index (χ0v) is 12.4. The Balaban J connectivity index is 2.69. The first-order chi connectivity index (χ1) is 7.86. The van der Waals surface area contributed by atoms with Crippen LogP contribution in [0.15, 0.2) is 0 Å². The van der Waals surface area contributed by atoms with Crippen LogP contribution in [0.2, 0.25) is 0 Å². The van der Waals surface area contributed by atoms with E-state index < -0.39 is 6.09 Å². The van der Waals surface area contributed by atoms with Crippen molar-refractivity contribution in [2.45, 2.75) is 33.3 Å². The molecule has 2 unspecified atom stereocenters. The van der Waals surface area contributed by atoms with Gasteiger partial charge in [-0.1, -0.05) is 36.7 Å². The predicted octanol–water partition coefficient (Wildman–Crippen LogP) is 2.81. The van der Waals surface area contributed by atoms with Gasteiger partial charge in [0.1, 0.15) is 0 Å². The Morgan fingerprint density at radius 1 is 1.53 bits per heavy atom. The third kappa shape index (κ3) is 4.14. The van der Waals surface area contributed by atoms with Crippen LogP contribution in [0, 0.1) is 11.3 Å². The highest BCUT2D eigenvalue weighted by molar-refractivity contribution is 9.09. The lowest BCUT2D eigenvalue weighted by Crippen LogP contribution is -2.50. The molecule has 0 bridgehead atoms. The fourth-order valence-electron chi connectivity index (χ4n) is 2.33. The number of hydrogen-bond donors (Lipinski definition) is 1. The average Bonchev–Trinajstić information content (AvgIpc) is 2.24. The maximum Gasteiger partial charge on any atom is 0.407 e. The number of nitrogens with zero attached hydrogens (tertiary/aromatic N) is 1. The molecule has 4 nitrogen and oxygen atoms in total. The Kier molecular flexibility index (Phi) is 5.25. The predicted molar refractivity (Wildman–Crippen MR) is 70.7 cm³/mol. The van der Waals surface area contributed by atoms with Crippen molar-refractivity contribution < 1.29 is 14.6 Å². The van der Waals surface area contributed by atoms with Gasteiger partial charge in [0, 0.05) is 24.3 Å². The van der Waals surface area contributed by atoms with Crippen LogP contribution in [-0.4, -0.2) is 47.2 Å². The fourth-order valence-corrected chi connectivity index (χ4v) is 2.52. The van der Waals surface area contributed by atoms with Gasteiger partial charge in [0.25, 0.3) is 0 Å². The van der Waals surface area contributed by atoms with Gasteiger partial charge in [-0.25, -0.2) is 4.79 Å². The van der Waals surface area contributed by atoms with E-state index in [2.05, 4.69) is 36.7 Å². The Morgan fingerprint density at radius 3 is 2.65 bits per heavy atom. The first-order valence-corrected chi connectivity index (χ1v) is 7.14. The molecule has 1 saturated heterocycles. The van der Waals surface area contributed by atoms with Crippen molar-refractivity contribution in [3.8, 4) is 0 Å². The zero-order valence-electron chi connectivity index (χ0n) is 10.8. The minimum atomic E-state index is -0.821. The molecule has 0 spiro atoms. The SMILES string of the molecule is CC(C)(C)C1CN(C(=O)O)CCC1OCCBr. The van der Waals surface area contributed by atoms with E-state index >= 15 is 0 Å². The topological polar surface area (TPSA) is 49.8 Å². The van der Waals surface area contributed by atoms with E-state index in [0.717, 1.165) is 11.8 Å². The van der Waals surface area contributed by atoms with Gasteiger partial charge >= 0.3 is 6.09 Å². The number of hydrogen-bond acceptors (Lipinski definition) is 2. The van der Waals surface area contributed by atoms with Crippen LogP contribution in [0.25, 0.3) is 0 Å². The van der Waals surface area contributed by atoms with Crippen LogP contribution < -0.4 is 0 Å². The van der Waals surface area contributed by atoms with Crippen LogP contribution in [0.1, 0.15) is 27.2 Å². The summed E-state index contributed by atoms with van der Waals surface area (Å²) in [6.07, 6.45) is 0.141. The molecule has 17 heavy (non-hydrogen) atoms. The van der Waals surface area contributed by atoms with Gasteiger partial charge in [-0.15, -0.1) is 0 Å². The summed E-state index contributed by atoms with van der Waals surface area (Å²) in [6, 6.07) is 0. The Bertz CT molecular complexity index is 265. The normalized spacial score (nSPS) is 26.0. The molecule has 0 aromatic heterocycles. The van der Waals surface area contributed by atoms with E-state index in [1.165, 1.54) is 4.90 Å². The van der Waals surface area contributed by atoms with Crippen molar-refractivity contribution in [2.24, 2.45) is 11.3 Å². The number of rotatable bonds is 3. The van der Waals surface area contributed by atoms with E-state index in [-0.39, 0.29) is 17.4 Å². The number of piperidine rings is 1. The van der Waals surface area contributed by atoms with Crippen molar-refractivity contribution in [1.82, 2.24) is 4.90 Å². The van der Waals surface area contributed by atoms with Crippen molar-refractivity contribution in [3.63, 3.8) is 0 Å². The number of alkyl halides is 1. The number of carbonyl (C=O) groups is 1. The van der Waals surface area contributed by atoms with Gasteiger partial charge in [-0.2, -0.15) is 0 Å². The Hall–Kier alpha value is -0.290. The molecule has 1 rings (SSSR count). The molecule has 5 heteroatoms. The molecule has 1 amide bonds. The number of halogens is 1. The van der Waals surface area contributed by atoms with Gasteiger partial charge in [0.15, 0.2) is 0 Å². The number of amides is 1. The smallest absolute Gasteiger partial charge is 0.407 e. The second kappa shape index (κ2) is 6.05. The third-order valence-corrected chi connectivity index (χ3v) is 3.67. The van der Waals surface area contributed by atoms with Crippen molar-refractivity contribution in [3.05, 3.63) is 0 Å². The van der Waals surface area contributed by atoms with Gasteiger partial charge in [0.05, 0.1) is 12.7 Å². The van der Waals surface area contributed by atoms with E-state index in [4.69, 9.17) is 9.84 Å². The highest BCUT2D eigenvalue weighted by Gasteiger charge is 2.38. The molecule has 1 aliphatic rings. The number of likely N-dealkylation sites (tertiary alicyclic amines) is 1. The highest BCUT2D eigenvalue weighted by Crippen LogP contribution is 2.35. The molecule has 0 saturated carbocycles.